The molecule has 0 atom stereocenters. The molecular weight excluding hydrogens is 982 g/mol. The number of phenolic OH excluding ortho intramolecular Hbond substituents is 1. The third-order valence-corrected chi connectivity index (χ3v) is 12.7. The predicted octanol–water partition coefficient (Wildman–Crippen LogP) is 16.1. The summed E-state index contributed by atoms with van der Waals surface area (Å²) < 4.78 is 15.4. The number of nitrogens with zero attached hydrogens (tertiary/aromatic N) is 3. The number of hydrogen-bond donors (Lipinski definition) is 1. The third kappa shape index (κ3) is 7.60. The van der Waals surface area contributed by atoms with E-state index in [2.05, 4.69) is 159 Å². The number of furan rings is 2. The largest absolute Gasteiger partial charge is 0.507 e. The summed E-state index contributed by atoms with van der Waals surface area (Å²) in [6, 6.07) is 46.0. The van der Waals surface area contributed by atoms with Crippen LogP contribution in [0.25, 0.3) is 94.7 Å². The maximum atomic E-state index is 12.6. The van der Waals surface area contributed by atoms with Gasteiger partial charge in [-0.2, -0.15) is 0 Å². The molecule has 4 aromatic heterocycles. The van der Waals surface area contributed by atoms with Crippen molar-refractivity contribution in [3.8, 4) is 56.3 Å². The van der Waals surface area contributed by atoms with Crippen molar-refractivity contribution in [2.75, 3.05) is 0 Å². The summed E-state index contributed by atoms with van der Waals surface area (Å²) >= 11 is 0. The predicted molar refractivity (Wildman–Crippen MR) is 264 cm³/mol. The van der Waals surface area contributed by atoms with Crippen LogP contribution in [0.2, 0.25) is 0 Å². The first-order valence-electron chi connectivity index (χ1n) is 22.4. The quantitative estimate of drug-likeness (QED) is 0.161. The normalized spacial score (nSPS) is 12.4. The average Bonchev–Trinajstić information content (AvgIpc) is 3.95. The molecule has 0 aliphatic rings. The maximum absolute atomic E-state index is 12.6. The van der Waals surface area contributed by atoms with Gasteiger partial charge in [-0.25, -0.2) is 4.98 Å². The van der Waals surface area contributed by atoms with Crippen molar-refractivity contribution in [2.24, 2.45) is 0 Å². The third-order valence-electron chi connectivity index (χ3n) is 12.7. The van der Waals surface area contributed by atoms with Crippen molar-refractivity contribution in [1.82, 2.24) is 14.5 Å². The van der Waals surface area contributed by atoms with E-state index in [1.54, 1.807) is 0 Å². The van der Waals surface area contributed by atoms with Crippen molar-refractivity contribution in [2.45, 2.75) is 91.9 Å². The summed E-state index contributed by atoms with van der Waals surface area (Å²) in [6.07, 6.45) is 1.85. The molecular formula is C58H54N3O3Pt-. The molecule has 10 rings (SSSR count). The van der Waals surface area contributed by atoms with E-state index in [0.29, 0.717) is 28.3 Å². The molecule has 4 heterocycles. The monoisotopic (exact) mass is 1040 g/mol. The Morgan fingerprint density at radius 3 is 1.86 bits per heavy atom. The number of aromatic hydroxyl groups is 1. The molecule has 0 fully saturated rings. The Bertz CT molecular complexity index is 3380. The molecule has 0 aliphatic heterocycles. The smallest absolute Gasteiger partial charge is 0.254 e. The zero-order valence-corrected chi connectivity index (χ0v) is 41.0. The van der Waals surface area contributed by atoms with Gasteiger partial charge in [0.1, 0.15) is 17.2 Å². The maximum Gasteiger partial charge on any atom is 0.254 e. The van der Waals surface area contributed by atoms with E-state index in [1.165, 1.54) is 22.3 Å². The van der Waals surface area contributed by atoms with Crippen LogP contribution in [-0.2, 0) is 31.9 Å². The van der Waals surface area contributed by atoms with E-state index >= 15 is 0 Å². The number of fused-ring (bicyclic) bond motifs is 7. The van der Waals surface area contributed by atoms with Crippen molar-refractivity contribution in [3.05, 3.63) is 156 Å². The Balaban J connectivity index is 0.00000533. The number of pyridine rings is 1. The molecule has 0 radical (unpaired) electrons. The van der Waals surface area contributed by atoms with E-state index in [1.807, 2.05) is 48.7 Å². The van der Waals surface area contributed by atoms with Gasteiger partial charge in [0.25, 0.3) is 5.78 Å². The molecule has 330 valence electrons. The fourth-order valence-electron chi connectivity index (χ4n) is 9.22. The average molecular weight is 1040 g/mol. The minimum atomic E-state index is -0.344. The van der Waals surface area contributed by atoms with Crippen molar-refractivity contribution < 1.29 is 35.0 Å². The van der Waals surface area contributed by atoms with Crippen molar-refractivity contribution >= 4 is 44.1 Å². The van der Waals surface area contributed by atoms with Gasteiger partial charge in [-0.15, -0.1) is 12.1 Å². The second-order valence-corrected chi connectivity index (χ2v) is 19.9. The fourth-order valence-corrected chi connectivity index (χ4v) is 9.22. The topological polar surface area (TPSA) is 77.2 Å². The van der Waals surface area contributed by atoms with Gasteiger partial charge < -0.3 is 13.9 Å². The summed E-state index contributed by atoms with van der Waals surface area (Å²) in [5, 5.41) is 15.0. The SMILES string of the molecule is CC(C)c1cc(-c2ccccc2)cc(C(C)C)c1-n1c(-c2cc(C(C)(C)C)cc(C(C)(C)C)c2O)nc2c3c(ccc21)oc1oc2ccc(-c4cc(-c5ccccc5)ccn4)[c-]c2c13.[Pt]. The van der Waals surface area contributed by atoms with E-state index in [0.717, 1.165) is 66.4 Å². The van der Waals surface area contributed by atoms with E-state index in [4.69, 9.17) is 18.8 Å². The molecule has 6 aromatic carbocycles. The van der Waals surface area contributed by atoms with Crippen LogP contribution in [0.1, 0.15) is 103 Å². The van der Waals surface area contributed by atoms with Gasteiger partial charge in [0.05, 0.1) is 27.9 Å². The number of phenols is 1. The van der Waals surface area contributed by atoms with Crippen LogP contribution in [0.5, 0.6) is 5.75 Å². The van der Waals surface area contributed by atoms with Crippen molar-refractivity contribution in [1.29, 1.82) is 0 Å². The minimum absolute atomic E-state index is 0. The Morgan fingerprint density at radius 2 is 1.25 bits per heavy atom. The number of hydrogen-bond acceptors (Lipinski definition) is 5. The molecule has 0 aliphatic carbocycles. The zero-order chi connectivity index (χ0) is 44.8. The Hall–Kier alpha value is -6.23. The van der Waals surface area contributed by atoms with Gasteiger partial charge in [0.2, 0.25) is 0 Å². The number of aromatic nitrogens is 3. The molecule has 6 nitrogen and oxygen atoms in total. The van der Waals surface area contributed by atoms with Crippen LogP contribution in [0.15, 0.2) is 136 Å². The zero-order valence-electron chi connectivity index (χ0n) is 38.7. The van der Waals surface area contributed by atoms with Gasteiger partial charge in [-0.1, -0.05) is 159 Å². The van der Waals surface area contributed by atoms with Gasteiger partial charge in [-0.3, -0.25) is 9.55 Å². The molecule has 0 spiro atoms. The van der Waals surface area contributed by atoms with Crippen LogP contribution in [0.3, 0.4) is 0 Å². The Kier molecular flexibility index (Phi) is 11.1. The molecule has 0 bridgehead atoms. The molecule has 0 unspecified atom stereocenters. The van der Waals surface area contributed by atoms with E-state index in [-0.39, 0.29) is 49.5 Å². The summed E-state index contributed by atoms with van der Waals surface area (Å²) in [5.74, 6) is 1.64. The van der Waals surface area contributed by atoms with Gasteiger partial charge in [0.15, 0.2) is 0 Å². The first kappa shape index (κ1) is 44.0. The van der Waals surface area contributed by atoms with Gasteiger partial charge in [-0.05, 0) is 98.0 Å². The Morgan fingerprint density at radius 1 is 0.631 bits per heavy atom. The summed E-state index contributed by atoms with van der Waals surface area (Å²) in [6.45, 7) is 22.2. The molecule has 0 saturated heterocycles. The van der Waals surface area contributed by atoms with Gasteiger partial charge >= 0.3 is 0 Å². The number of imidazole rings is 1. The first-order chi connectivity index (χ1) is 30.6. The molecule has 10 aromatic rings. The molecule has 0 amide bonds. The van der Waals surface area contributed by atoms with Crippen LogP contribution in [0.4, 0.5) is 0 Å². The van der Waals surface area contributed by atoms with E-state index < -0.39 is 0 Å². The first-order valence-corrected chi connectivity index (χ1v) is 22.4. The van der Waals surface area contributed by atoms with Crippen LogP contribution >= 0.6 is 0 Å². The summed E-state index contributed by atoms with van der Waals surface area (Å²) in [7, 11) is 0. The van der Waals surface area contributed by atoms with Crippen LogP contribution in [-0.4, -0.2) is 19.6 Å². The van der Waals surface area contributed by atoms with Crippen molar-refractivity contribution in [3.63, 3.8) is 0 Å². The van der Waals surface area contributed by atoms with Crippen LogP contribution < -0.4 is 0 Å². The fraction of sp³-hybridized carbons (Fsp3) is 0.241. The second kappa shape index (κ2) is 16.3. The van der Waals surface area contributed by atoms with Crippen LogP contribution in [0, 0.1) is 6.07 Å². The standard InChI is InChI=1S/C58H54N3O3.Pt/c1-33(2)41-28-39(36-19-15-12-16-20-36)29-42(34(3)4)53(41)61-47-22-24-49-51(52(47)60-55(61)44-31-40(57(5,6)7)32-45(54(44)62)58(8,9)10)50-43-27-38(21-23-48(43)63-56(50)64-49)46-30-37(25-26-59-46)35-17-13-11-14-18-35;/h11-26,28-34,62H,1-10H3;/q-1;. The number of benzene rings is 6. The molecule has 1 N–H and O–H groups in total. The molecule has 7 heteroatoms. The van der Waals surface area contributed by atoms with E-state index in [9.17, 15) is 5.11 Å². The Labute approximate surface area is 395 Å². The summed E-state index contributed by atoms with van der Waals surface area (Å²) in [5.41, 5.74) is 14.8. The molecule has 65 heavy (non-hydrogen) atoms. The minimum Gasteiger partial charge on any atom is -0.507 e. The molecule has 0 saturated carbocycles. The number of rotatable bonds is 7. The second-order valence-electron chi connectivity index (χ2n) is 19.9. The van der Waals surface area contributed by atoms with Gasteiger partial charge in [0, 0.05) is 49.3 Å². The summed E-state index contributed by atoms with van der Waals surface area (Å²) in [4.78, 5) is 10.5.